The van der Waals surface area contributed by atoms with Crippen LogP contribution in [0.4, 0.5) is 5.82 Å². The Kier molecular flexibility index (Phi) is 4.46. The third-order valence-corrected chi connectivity index (χ3v) is 5.33. The topological polar surface area (TPSA) is 52.5 Å². The molecule has 0 radical (unpaired) electrons. The van der Waals surface area contributed by atoms with Gasteiger partial charge in [0.05, 0.1) is 17.2 Å². The van der Waals surface area contributed by atoms with Crippen molar-refractivity contribution in [3.8, 4) is 16.9 Å². The van der Waals surface area contributed by atoms with E-state index in [-0.39, 0.29) is 0 Å². The number of thiol groups is 1. The Hall–Kier alpha value is -2.31. The molecule has 0 aliphatic carbocycles. The zero-order chi connectivity index (χ0) is 18.3. The summed E-state index contributed by atoms with van der Waals surface area (Å²) in [5, 5.41) is 10.0. The Morgan fingerprint density at radius 3 is 2.31 bits per heavy atom. The van der Waals surface area contributed by atoms with Gasteiger partial charge in [-0.25, -0.2) is 9.29 Å². The second-order valence-electron chi connectivity index (χ2n) is 6.83. The molecular formula is C20H22N4OS. The van der Waals surface area contributed by atoms with Gasteiger partial charge in [0, 0.05) is 26.2 Å². The van der Waals surface area contributed by atoms with Crippen LogP contribution in [0.5, 0.6) is 5.75 Å². The number of aromatic hydroxyl groups is 1. The lowest BCUT2D eigenvalue weighted by Crippen LogP contribution is -2.42. The number of anilines is 1. The van der Waals surface area contributed by atoms with Crippen LogP contribution in [-0.2, 0) is 0 Å². The highest BCUT2D eigenvalue weighted by molar-refractivity contribution is 7.77. The van der Waals surface area contributed by atoms with Crippen LogP contribution in [0.1, 0.15) is 11.1 Å². The van der Waals surface area contributed by atoms with Gasteiger partial charge in [-0.2, -0.15) is 0 Å². The minimum Gasteiger partial charge on any atom is -0.507 e. The first-order chi connectivity index (χ1) is 12.5. The fraction of sp³-hybridized carbons (Fsp3) is 0.300. The zero-order valence-corrected chi connectivity index (χ0v) is 15.9. The third kappa shape index (κ3) is 3.22. The first-order valence-corrected chi connectivity index (χ1v) is 9.17. The summed E-state index contributed by atoms with van der Waals surface area (Å²) in [5.41, 5.74) is 5.69. The van der Waals surface area contributed by atoms with Gasteiger partial charge in [0.1, 0.15) is 11.6 Å². The maximum atomic E-state index is 10.0. The molecule has 1 saturated heterocycles. The maximum absolute atomic E-state index is 10.0. The first kappa shape index (κ1) is 17.1. The van der Waals surface area contributed by atoms with Gasteiger partial charge in [0.25, 0.3) is 0 Å². The number of fused-ring (bicyclic) bond motifs is 1. The SMILES string of the molecule is Cc1cc(-c2ccc3ncc(N4CCN(S)CC4)nc3c2)cc(C)c1O. The molecule has 1 aliphatic rings. The Morgan fingerprint density at radius 2 is 1.62 bits per heavy atom. The van der Waals surface area contributed by atoms with E-state index in [1.54, 1.807) is 0 Å². The smallest absolute Gasteiger partial charge is 0.147 e. The Balaban J connectivity index is 1.72. The van der Waals surface area contributed by atoms with Crippen LogP contribution in [0.15, 0.2) is 36.5 Å². The fourth-order valence-electron chi connectivity index (χ4n) is 3.38. The second-order valence-corrected chi connectivity index (χ2v) is 7.40. The number of phenols is 1. The summed E-state index contributed by atoms with van der Waals surface area (Å²) in [5.74, 6) is 1.27. The van der Waals surface area contributed by atoms with E-state index >= 15 is 0 Å². The molecule has 26 heavy (non-hydrogen) atoms. The number of rotatable bonds is 2. The van der Waals surface area contributed by atoms with Crippen LogP contribution < -0.4 is 4.90 Å². The molecule has 1 fully saturated rings. The van der Waals surface area contributed by atoms with E-state index in [4.69, 9.17) is 4.98 Å². The van der Waals surface area contributed by atoms with Crippen LogP contribution in [0.2, 0.25) is 0 Å². The Bertz CT molecular complexity index is 944. The molecule has 1 aromatic heterocycles. The summed E-state index contributed by atoms with van der Waals surface area (Å²) in [6.07, 6.45) is 1.85. The number of nitrogens with zero attached hydrogens (tertiary/aromatic N) is 4. The molecule has 0 bridgehead atoms. The monoisotopic (exact) mass is 366 g/mol. The van der Waals surface area contributed by atoms with Crippen LogP contribution in [-0.4, -0.2) is 45.6 Å². The average Bonchev–Trinajstić information content (AvgIpc) is 2.65. The molecule has 2 heterocycles. The third-order valence-electron chi connectivity index (χ3n) is 4.93. The van der Waals surface area contributed by atoms with Gasteiger partial charge in [-0.3, -0.25) is 4.98 Å². The molecule has 4 rings (SSSR count). The second kappa shape index (κ2) is 6.78. The van der Waals surface area contributed by atoms with E-state index in [9.17, 15) is 5.11 Å². The lowest BCUT2D eigenvalue weighted by atomic mass is 9.99. The van der Waals surface area contributed by atoms with Gasteiger partial charge in [-0.1, -0.05) is 18.9 Å². The maximum Gasteiger partial charge on any atom is 0.147 e. The fourth-order valence-corrected chi connectivity index (χ4v) is 3.56. The molecule has 0 spiro atoms. The Morgan fingerprint density at radius 1 is 0.923 bits per heavy atom. The van der Waals surface area contributed by atoms with Crippen LogP contribution in [0.3, 0.4) is 0 Å². The minimum absolute atomic E-state index is 0.361. The molecule has 0 saturated carbocycles. The summed E-state index contributed by atoms with van der Waals surface area (Å²) < 4.78 is 2.03. The van der Waals surface area contributed by atoms with Gasteiger partial charge in [-0.05, 0) is 60.4 Å². The summed E-state index contributed by atoms with van der Waals surface area (Å²) in [7, 11) is 0. The summed E-state index contributed by atoms with van der Waals surface area (Å²) >= 11 is 4.40. The van der Waals surface area contributed by atoms with Crippen molar-refractivity contribution < 1.29 is 5.11 Å². The number of hydrogen-bond donors (Lipinski definition) is 2. The largest absolute Gasteiger partial charge is 0.507 e. The highest BCUT2D eigenvalue weighted by atomic mass is 32.1. The van der Waals surface area contributed by atoms with Crippen molar-refractivity contribution in [1.29, 1.82) is 0 Å². The lowest BCUT2D eigenvalue weighted by Gasteiger charge is -2.32. The highest BCUT2D eigenvalue weighted by Gasteiger charge is 2.16. The molecule has 0 amide bonds. The molecule has 1 N–H and O–H groups in total. The van der Waals surface area contributed by atoms with Crippen LogP contribution in [0, 0.1) is 13.8 Å². The Labute approximate surface area is 158 Å². The van der Waals surface area contributed by atoms with E-state index in [0.717, 1.165) is 65.3 Å². The number of piperazine rings is 1. The van der Waals surface area contributed by atoms with Crippen molar-refractivity contribution in [3.05, 3.63) is 47.7 Å². The zero-order valence-electron chi connectivity index (χ0n) is 15.0. The number of phenolic OH excluding ortho intramolecular Hbond substituents is 1. The van der Waals surface area contributed by atoms with E-state index in [1.807, 2.05) is 42.5 Å². The first-order valence-electron chi connectivity index (χ1n) is 8.77. The standard InChI is InChI=1S/C20H22N4OS/c1-13-9-16(10-14(2)20(13)25)15-3-4-17-18(11-15)22-19(12-21-17)23-5-7-24(26)8-6-23/h3-4,9-12,25-26H,5-8H2,1-2H3. The molecule has 134 valence electrons. The van der Waals surface area contributed by atoms with Crippen molar-refractivity contribution in [3.63, 3.8) is 0 Å². The van der Waals surface area contributed by atoms with Gasteiger partial charge in [0.15, 0.2) is 0 Å². The number of benzene rings is 2. The number of aromatic nitrogens is 2. The number of hydrogen-bond acceptors (Lipinski definition) is 6. The molecule has 3 aromatic rings. The van der Waals surface area contributed by atoms with Crippen molar-refractivity contribution in [2.75, 3.05) is 31.1 Å². The van der Waals surface area contributed by atoms with Crippen molar-refractivity contribution in [2.45, 2.75) is 13.8 Å². The quantitative estimate of drug-likeness (QED) is 0.679. The average molecular weight is 366 g/mol. The van der Waals surface area contributed by atoms with E-state index in [2.05, 4.69) is 34.8 Å². The van der Waals surface area contributed by atoms with E-state index in [1.165, 1.54) is 0 Å². The predicted molar refractivity (Wildman–Crippen MR) is 109 cm³/mol. The molecule has 0 atom stereocenters. The van der Waals surface area contributed by atoms with Gasteiger partial charge in [-0.15, -0.1) is 0 Å². The van der Waals surface area contributed by atoms with E-state index in [0.29, 0.717) is 5.75 Å². The normalized spacial score (nSPS) is 15.6. The molecule has 6 heteroatoms. The summed E-state index contributed by atoms with van der Waals surface area (Å²) in [4.78, 5) is 11.7. The molecule has 0 unspecified atom stereocenters. The van der Waals surface area contributed by atoms with Crippen molar-refractivity contribution >= 4 is 29.7 Å². The summed E-state index contributed by atoms with van der Waals surface area (Å²) in [6.45, 7) is 7.47. The number of aryl methyl sites for hydroxylation is 2. The van der Waals surface area contributed by atoms with E-state index < -0.39 is 0 Å². The van der Waals surface area contributed by atoms with Gasteiger partial charge < -0.3 is 10.0 Å². The van der Waals surface area contributed by atoms with Crippen molar-refractivity contribution in [1.82, 2.24) is 14.3 Å². The molecular weight excluding hydrogens is 344 g/mol. The summed E-state index contributed by atoms with van der Waals surface area (Å²) in [6, 6.07) is 10.2. The lowest BCUT2D eigenvalue weighted by molar-refractivity contribution is 0.433. The van der Waals surface area contributed by atoms with Crippen LogP contribution in [0.25, 0.3) is 22.2 Å². The van der Waals surface area contributed by atoms with Gasteiger partial charge in [0.2, 0.25) is 0 Å². The molecule has 2 aromatic carbocycles. The highest BCUT2D eigenvalue weighted by Crippen LogP contribution is 2.30. The van der Waals surface area contributed by atoms with Crippen molar-refractivity contribution in [2.24, 2.45) is 0 Å². The molecule has 5 nitrogen and oxygen atoms in total. The van der Waals surface area contributed by atoms with Gasteiger partial charge >= 0.3 is 0 Å². The minimum atomic E-state index is 0.361. The predicted octanol–water partition coefficient (Wildman–Crippen LogP) is 3.59. The van der Waals surface area contributed by atoms with Crippen LogP contribution >= 0.6 is 12.8 Å². The molecule has 1 aliphatic heterocycles.